The molecule has 3 aliphatic rings. The first-order chi connectivity index (χ1) is 10.2. The van der Waals surface area contributed by atoms with Crippen LogP contribution in [0.4, 0.5) is 0 Å². The highest BCUT2D eigenvalue weighted by atomic mass is 16.5. The third-order valence-corrected chi connectivity index (χ3v) is 4.21. The number of allylic oxidation sites excluding steroid dienone is 1. The summed E-state index contributed by atoms with van der Waals surface area (Å²) >= 11 is 0. The Labute approximate surface area is 125 Å². The lowest BCUT2D eigenvalue weighted by molar-refractivity contribution is 0.0334. The molecule has 5 nitrogen and oxygen atoms in total. The summed E-state index contributed by atoms with van der Waals surface area (Å²) in [5.41, 5.74) is 1.09. The summed E-state index contributed by atoms with van der Waals surface area (Å²) in [4.78, 5) is 0. The Morgan fingerprint density at radius 3 is 2.62 bits per heavy atom. The number of nitrogens with one attached hydrogen (secondary N) is 2. The average molecular weight is 290 g/mol. The van der Waals surface area contributed by atoms with Crippen molar-refractivity contribution in [2.45, 2.75) is 31.0 Å². The Morgan fingerprint density at radius 2 is 1.95 bits per heavy atom. The molecular formula is C16H22N2O3. The van der Waals surface area contributed by atoms with Crippen molar-refractivity contribution in [3.8, 4) is 0 Å². The van der Waals surface area contributed by atoms with Gasteiger partial charge in [-0.3, -0.25) is 0 Å². The molecule has 1 fully saturated rings. The van der Waals surface area contributed by atoms with E-state index in [1.54, 1.807) is 14.2 Å². The van der Waals surface area contributed by atoms with Gasteiger partial charge < -0.3 is 24.8 Å². The summed E-state index contributed by atoms with van der Waals surface area (Å²) in [6.45, 7) is 0. The summed E-state index contributed by atoms with van der Waals surface area (Å²) in [5.74, 6) is 2.38. The van der Waals surface area contributed by atoms with Gasteiger partial charge in [0.15, 0.2) is 11.5 Å². The Hall–Kier alpha value is -1.88. The van der Waals surface area contributed by atoms with Gasteiger partial charge in [-0.05, 0) is 38.1 Å². The molecule has 0 radical (unpaired) electrons. The van der Waals surface area contributed by atoms with Gasteiger partial charge in [-0.15, -0.1) is 0 Å². The molecule has 0 aromatic carbocycles. The molecule has 5 heteroatoms. The lowest BCUT2D eigenvalue weighted by atomic mass is 9.89. The number of ether oxygens (including phenoxy) is 3. The van der Waals surface area contributed by atoms with Crippen molar-refractivity contribution in [3.63, 3.8) is 0 Å². The molecule has 114 valence electrons. The Kier molecular flexibility index (Phi) is 3.92. The first-order valence-corrected chi connectivity index (χ1v) is 7.27. The van der Waals surface area contributed by atoms with Crippen molar-refractivity contribution < 1.29 is 14.2 Å². The van der Waals surface area contributed by atoms with Crippen molar-refractivity contribution in [3.05, 3.63) is 47.3 Å². The lowest BCUT2D eigenvalue weighted by Crippen LogP contribution is -2.44. The molecule has 2 N–H and O–H groups in total. The van der Waals surface area contributed by atoms with Gasteiger partial charge in [0, 0.05) is 17.8 Å². The van der Waals surface area contributed by atoms with Crippen LogP contribution in [0.3, 0.4) is 0 Å². The van der Waals surface area contributed by atoms with Crippen molar-refractivity contribution in [2.24, 2.45) is 0 Å². The lowest BCUT2D eigenvalue weighted by Gasteiger charge is -2.37. The summed E-state index contributed by atoms with van der Waals surface area (Å²) in [7, 11) is 5.29. The van der Waals surface area contributed by atoms with Crippen LogP contribution < -0.4 is 10.6 Å². The molecule has 1 heterocycles. The molecule has 0 saturated heterocycles. The zero-order valence-corrected chi connectivity index (χ0v) is 12.7. The van der Waals surface area contributed by atoms with E-state index < -0.39 is 0 Å². The Balaban J connectivity index is 1.79. The van der Waals surface area contributed by atoms with E-state index in [0.29, 0.717) is 12.1 Å². The fourth-order valence-electron chi connectivity index (χ4n) is 2.82. The summed E-state index contributed by atoms with van der Waals surface area (Å²) in [6.07, 6.45) is 10.3. The molecule has 0 aromatic rings. The van der Waals surface area contributed by atoms with E-state index in [2.05, 4.69) is 10.6 Å². The minimum absolute atomic E-state index is 0.0685. The monoisotopic (exact) mass is 290 g/mol. The second kappa shape index (κ2) is 5.85. The third kappa shape index (κ3) is 2.65. The van der Waals surface area contributed by atoms with Crippen LogP contribution in [0.1, 0.15) is 12.8 Å². The molecular weight excluding hydrogens is 268 g/mol. The summed E-state index contributed by atoms with van der Waals surface area (Å²) in [6, 6.07) is 0.650. The molecule has 3 rings (SSSR count). The minimum atomic E-state index is 0.0685. The number of dihydropyridines is 1. The molecule has 0 spiro atoms. The molecule has 0 aromatic heterocycles. The molecule has 1 aliphatic heterocycles. The Morgan fingerprint density at radius 1 is 1.19 bits per heavy atom. The number of fused-ring (bicyclic) bond motifs is 1. The van der Waals surface area contributed by atoms with Crippen LogP contribution in [0, 0.1) is 0 Å². The van der Waals surface area contributed by atoms with Crippen LogP contribution in [0.25, 0.3) is 0 Å². The van der Waals surface area contributed by atoms with E-state index in [4.69, 9.17) is 14.2 Å². The highest BCUT2D eigenvalue weighted by Crippen LogP contribution is 2.32. The molecule has 1 atom stereocenters. The summed E-state index contributed by atoms with van der Waals surface area (Å²) < 4.78 is 16.9. The molecule has 1 saturated carbocycles. The van der Waals surface area contributed by atoms with Gasteiger partial charge in [0.25, 0.3) is 0 Å². The van der Waals surface area contributed by atoms with E-state index >= 15 is 0 Å². The van der Waals surface area contributed by atoms with Crippen LogP contribution in [0.2, 0.25) is 0 Å². The minimum Gasteiger partial charge on any atom is -0.493 e. The van der Waals surface area contributed by atoms with Gasteiger partial charge in [0.05, 0.1) is 20.3 Å². The van der Waals surface area contributed by atoms with Crippen molar-refractivity contribution in [2.75, 3.05) is 21.3 Å². The molecule has 21 heavy (non-hydrogen) atoms. The quantitative estimate of drug-likeness (QED) is 0.805. The van der Waals surface area contributed by atoms with Crippen molar-refractivity contribution >= 4 is 0 Å². The largest absolute Gasteiger partial charge is 0.493 e. The number of rotatable bonds is 5. The highest BCUT2D eigenvalue weighted by Gasteiger charge is 2.32. The molecule has 1 unspecified atom stereocenters. The summed E-state index contributed by atoms with van der Waals surface area (Å²) in [5, 5.41) is 6.57. The topological polar surface area (TPSA) is 51.8 Å². The van der Waals surface area contributed by atoms with E-state index in [1.807, 2.05) is 31.5 Å². The average Bonchev–Trinajstić information content (AvgIpc) is 2.48. The maximum Gasteiger partial charge on any atom is 0.160 e. The first kappa shape index (κ1) is 14.1. The number of methoxy groups -OCH3 is 2. The second-order valence-corrected chi connectivity index (χ2v) is 5.44. The van der Waals surface area contributed by atoms with Gasteiger partial charge in [-0.2, -0.15) is 0 Å². The molecule has 0 bridgehead atoms. The predicted octanol–water partition coefficient (Wildman–Crippen LogP) is 1.57. The van der Waals surface area contributed by atoms with Crippen LogP contribution in [0.5, 0.6) is 0 Å². The fourth-order valence-corrected chi connectivity index (χ4v) is 2.82. The fraction of sp³-hybridized carbons (Fsp3) is 0.500. The maximum atomic E-state index is 6.13. The van der Waals surface area contributed by atoms with Crippen LogP contribution >= 0.6 is 0 Å². The molecule has 0 amide bonds. The maximum absolute atomic E-state index is 6.13. The van der Waals surface area contributed by atoms with Gasteiger partial charge in [0.2, 0.25) is 0 Å². The van der Waals surface area contributed by atoms with Crippen LogP contribution in [0.15, 0.2) is 47.3 Å². The van der Waals surface area contributed by atoms with Crippen molar-refractivity contribution in [1.82, 2.24) is 10.6 Å². The van der Waals surface area contributed by atoms with Gasteiger partial charge >= 0.3 is 0 Å². The van der Waals surface area contributed by atoms with E-state index in [-0.39, 0.29) is 6.04 Å². The zero-order chi connectivity index (χ0) is 14.8. The SMILES string of the molecule is CNC1CC(OC2=C3C=C(OC)C(OC)=CC3NC=C2)C1. The van der Waals surface area contributed by atoms with E-state index in [1.165, 1.54) is 0 Å². The van der Waals surface area contributed by atoms with E-state index in [9.17, 15) is 0 Å². The van der Waals surface area contributed by atoms with E-state index in [0.717, 1.165) is 35.7 Å². The molecule has 2 aliphatic carbocycles. The first-order valence-electron chi connectivity index (χ1n) is 7.27. The van der Waals surface area contributed by atoms with Gasteiger partial charge in [-0.1, -0.05) is 0 Å². The zero-order valence-electron chi connectivity index (χ0n) is 12.7. The standard InChI is InChI=1S/C16H22N2O3/c1-17-10-6-11(7-10)21-14-4-5-18-13-9-16(20-3)15(19-2)8-12(13)14/h4-5,8-11,13,17-18H,6-7H2,1-3H3. The number of hydrogen-bond acceptors (Lipinski definition) is 5. The van der Waals surface area contributed by atoms with Crippen LogP contribution in [-0.2, 0) is 14.2 Å². The predicted molar refractivity (Wildman–Crippen MR) is 80.2 cm³/mol. The normalized spacial score (nSPS) is 30.5. The number of hydrogen-bond donors (Lipinski definition) is 2. The third-order valence-electron chi connectivity index (χ3n) is 4.21. The van der Waals surface area contributed by atoms with Crippen LogP contribution in [-0.4, -0.2) is 39.5 Å². The smallest absolute Gasteiger partial charge is 0.160 e. The highest BCUT2D eigenvalue weighted by molar-refractivity contribution is 5.48. The van der Waals surface area contributed by atoms with Gasteiger partial charge in [-0.25, -0.2) is 0 Å². The van der Waals surface area contributed by atoms with Gasteiger partial charge in [0.1, 0.15) is 11.9 Å². The second-order valence-electron chi connectivity index (χ2n) is 5.44. The Bertz CT molecular complexity index is 528. The van der Waals surface area contributed by atoms with Crippen molar-refractivity contribution in [1.29, 1.82) is 0 Å².